The Morgan fingerprint density at radius 3 is 2.61 bits per heavy atom. The number of aliphatic hydroxyl groups excluding tert-OH is 1. The fourth-order valence-corrected chi connectivity index (χ4v) is 3.92. The van der Waals surface area contributed by atoms with Crippen molar-refractivity contribution in [2.75, 3.05) is 26.4 Å². The number of thiocarbonyl (C=S) groups is 1. The van der Waals surface area contributed by atoms with Gasteiger partial charge < -0.3 is 29.8 Å². The maximum Gasteiger partial charge on any atom is 0.253 e. The van der Waals surface area contributed by atoms with E-state index in [1.54, 1.807) is 11.0 Å². The van der Waals surface area contributed by atoms with Crippen molar-refractivity contribution in [3.63, 3.8) is 0 Å². The minimum Gasteiger partial charge on any atom is -0.486 e. The van der Waals surface area contributed by atoms with Gasteiger partial charge in [0.1, 0.15) is 13.2 Å². The average molecular weight is 440 g/mol. The van der Waals surface area contributed by atoms with Crippen LogP contribution in [-0.4, -0.2) is 46.5 Å². The molecule has 1 aliphatic heterocycles. The van der Waals surface area contributed by atoms with Crippen molar-refractivity contribution in [3.05, 3.63) is 70.0 Å². The van der Waals surface area contributed by atoms with Crippen LogP contribution in [0, 0.1) is 0 Å². The molecular formula is C23H25N3O4S. The van der Waals surface area contributed by atoms with Crippen LogP contribution in [0.5, 0.6) is 11.5 Å². The van der Waals surface area contributed by atoms with Gasteiger partial charge in [0.2, 0.25) is 0 Å². The number of fused-ring (bicyclic) bond motifs is 2. The van der Waals surface area contributed by atoms with E-state index in [1.165, 1.54) is 0 Å². The highest BCUT2D eigenvalue weighted by Crippen LogP contribution is 2.33. The first-order valence-corrected chi connectivity index (χ1v) is 10.6. The molecule has 162 valence electrons. The Morgan fingerprint density at radius 2 is 1.90 bits per heavy atom. The Labute approximate surface area is 185 Å². The third-order valence-corrected chi connectivity index (χ3v) is 5.62. The summed E-state index contributed by atoms with van der Waals surface area (Å²) >= 11 is 5.59. The summed E-state index contributed by atoms with van der Waals surface area (Å²) in [6.45, 7) is 3.51. The van der Waals surface area contributed by atoms with Crippen LogP contribution in [0.15, 0.2) is 53.3 Å². The highest BCUT2D eigenvalue weighted by atomic mass is 32.1. The smallest absolute Gasteiger partial charge is 0.253 e. The Morgan fingerprint density at radius 1 is 1.19 bits per heavy atom. The maximum atomic E-state index is 12.7. The first kappa shape index (κ1) is 21.1. The summed E-state index contributed by atoms with van der Waals surface area (Å²) in [5.41, 5.74) is 2.13. The van der Waals surface area contributed by atoms with Crippen molar-refractivity contribution >= 4 is 28.2 Å². The first-order valence-electron chi connectivity index (χ1n) is 10.2. The number of benzene rings is 2. The van der Waals surface area contributed by atoms with E-state index in [-0.39, 0.29) is 24.8 Å². The van der Waals surface area contributed by atoms with Crippen LogP contribution in [0.2, 0.25) is 0 Å². The van der Waals surface area contributed by atoms with Crippen molar-refractivity contribution in [2.45, 2.75) is 19.5 Å². The van der Waals surface area contributed by atoms with E-state index in [4.69, 9.17) is 21.7 Å². The van der Waals surface area contributed by atoms with Crippen LogP contribution in [0.25, 0.3) is 10.9 Å². The van der Waals surface area contributed by atoms with Crippen LogP contribution in [0.4, 0.5) is 0 Å². The molecule has 0 aliphatic carbocycles. The summed E-state index contributed by atoms with van der Waals surface area (Å²) in [5.74, 6) is 1.29. The van der Waals surface area contributed by atoms with Crippen molar-refractivity contribution < 1.29 is 14.6 Å². The maximum absolute atomic E-state index is 12.7. The van der Waals surface area contributed by atoms with Gasteiger partial charge in [0.15, 0.2) is 16.6 Å². The molecule has 1 aromatic heterocycles. The third-order valence-electron chi connectivity index (χ3n) is 5.24. The number of aromatic amines is 1. The van der Waals surface area contributed by atoms with Crippen LogP contribution >= 0.6 is 12.2 Å². The quantitative estimate of drug-likeness (QED) is 0.509. The second-order valence-electron chi connectivity index (χ2n) is 7.43. The van der Waals surface area contributed by atoms with Crippen LogP contribution in [0.1, 0.15) is 24.1 Å². The predicted octanol–water partition coefficient (Wildman–Crippen LogP) is 2.73. The van der Waals surface area contributed by atoms with E-state index < -0.39 is 0 Å². The fraction of sp³-hybridized carbons (Fsp3) is 0.304. The normalized spacial score (nSPS) is 13.6. The number of nitrogens with one attached hydrogen (secondary N) is 2. The van der Waals surface area contributed by atoms with Crippen LogP contribution in [-0.2, 0) is 6.54 Å². The highest BCUT2D eigenvalue weighted by molar-refractivity contribution is 7.80. The number of pyridine rings is 1. The minimum absolute atomic E-state index is 0.00606. The van der Waals surface area contributed by atoms with E-state index in [1.807, 2.05) is 49.4 Å². The molecule has 1 aliphatic rings. The van der Waals surface area contributed by atoms with Crippen molar-refractivity contribution in [1.29, 1.82) is 0 Å². The van der Waals surface area contributed by atoms with Gasteiger partial charge in [0.25, 0.3) is 5.56 Å². The molecule has 8 heteroatoms. The SMILES string of the molecule is CC(NC(=S)N(CCO)Cc1cc2cc3c(cc2[nH]c1=O)OCCO3)c1ccccc1. The number of hydrogen-bond acceptors (Lipinski definition) is 5. The van der Waals surface area contributed by atoms with E-state index in [9.17, 15) is 9.90 Å². The number of aromatic nitrogens is 1. The lowest BCUT2D eigenvalue weighted by molar-refractivity contribution is 0.172. The Bertz CT molecular complexity index is 1130. The summed E-state index contributed by atoms with van der Waals surface area (Å²) in [4.78, 5) is 17.4. The molecule has 0 bridgehead atoms. The van der Waals surface area contributed by atoms with Gasteiger partial charge in [-0.1, -0.05) is 30.3 Å². The van der Waals surface area contributed by atoms with Gasteiger partial charge in [0.05, 0.1) is 24.7 Å². The molecule has 3 aromatic rings. The summed E-state index contributed by atoms with van der Waals surface area (Å²) in [7, 11) is 0. The lowest BCUT2D eigenvalue weighted by Gasteiger charge is -2.27. The molecule has 4 rings (SSSR count). The predicted molar refractivity (Wildman–Crippen MR) is 124 cm³/mol. The van der Waals surface area contributed by atoms with Gasteiger partial charge in [0, 0.05) is 23.6 Å². The van der Waals surface area contributed by atoms with E-state index >= 15 is 0 Å². The Hall–Kier alpha value is -3.10. The van der Waals surface area contributed by atoms with E-state index in [0.717, 1.165) is 10.9 Å². The zero-order valence-corrected chi connectivity index (χ0v) is 18.1. The molecule has 2 aromatic carbocycles. The summed E-state index contributed by atoms with van der Waals surface area (Å²) in [5, 5.41) is 14.2. The third kappa shape index (κ3) is 4.81. The number of rotatable bonds is 6. The average Bonchev–Trinajstić information content (AvgIpc) is 2.78. The van der Waals surface area contributed by atoms with Gasteiger partial charge in [-0.2, -0.15) is 0 Å². The van der Waals surface area contributed by atoms with Gasteiger partial charge >= 0.3 is 0 Å². The molecule has 0 fully saturated rings. The zero-order chi connectivity index (χ0) is 21.8. The molecule has 1 unspecified atom stereocenters. The van der Waals surface area contributed by atoms with Gasteiger partial charge in [-0.25, -0.2) is 0 Å². The molecule has 2 heterocycles. The Kier molecular flexibility index (Phi) is 6.39. The van der Waals surface area contributed by atoms with Gasteiger partial charge in [-0.15, -0.1) is 0 Å². The Balaban J connectivity index is 1.56. The molecular weight excluding hydrogens is 414 g/mol. The van der Waals surface area contributed by atoms with E-state index in [0.29, 0.717) is 47.5 Å². The molecule has 0 saturated carbocycles. The topological polar surface area (TPSA) is 86.8 Å². The number of H-pyrrole nitrogens is 1. The second-order valence-corrected chi connectivity index (χ2v) is 7.82. The van der Waals surface area contributed by atoms with Crippen molar-refractivity contribution in [3.8, 4) is 11.5 Å². The fourth-order valence-electron chi connectivity index (χ4n) is 3.59. The minimum atomic E-state index is -0.203. The summed E-state index contributed by atoms with van der Waals surface area (Å²) < 4.78 is 11.2. The highest BCUT2D eigenvalue weighted by Gasteiger charge is 2.17. The number of nitrogens with zero attached hydrogens (tertiary/aromatic N) is 1. The number of ether oxygens (including phenoxy) is 2. The first-order chi connectivity index (χ1) is 15.0. The number of hydrogen-bond donors (Lipinski definition) is 3. The van der Waals surface area contributed by atoms with Gasteiger partial charge in [-0.05, 0) is 36.8 Å². The molecule has 3 N–H and O–H groups in total. The number of aliphatic hydroxyl groups is 1. The van der Waals surface area contributed by atoms with Crippen LogP contribution in [0.3, 0.4) is 0 Å². The van der Waals surface area contributed by atoms with Crippen molar-refractivity contribution in [2.24, 2.45) is 0 Å². The lowest BCUT2D eigenvalue weighted by Crippen LogP contribution is -2.42. The lowest BCUT2D eigenvalue weighted by atomic mass is 10.1. The molecule has 0 saturated heterocycles. The second kappa shape index (κ2) is 9.36. The standard InChI is InChI=1S/C23H25N3O4S/c1-15(16-5-3-2-4-6-16)24-23(31)26(7-8-27)14-18-11-17-12-20-21(30-10-9-29-20)13-19(17)25-22(18)28/h2-6,11-13,15,27H,7-10,14H2,1H3,(H,24,31)(H,25,28). The largest absolute Gasteiger partial charge is 0.486 e. The monoisotopic (exact) mass is 439 g/mol. The molecule has 0 radical (unpaired) electrons. The molecule has 0 amide bonds. The van der Waals surface area contributed by atoms with Crippen LogP contribution < -0.4 is 20.3 Å². The molecule has 7 nitrogen and oxygen atoms in total. The summed E-state index contributed by atoms with van der Waals surface area (Å²) in [6.07, 6.45) is 0. The van der Waals surface area contributed by atoms with Crippen molar-refractivity contribution in [1.82, 2.24) is 15.2 Å². The molecule has 1 atom stereocenters. The molecule has 31 heavy (non-hydrogen) atoms. The summed E-state index contributed by atoms with van der Waals surface area (Å²) in [6, 6.07) is 15.4. The van der Waals surface area contributed by atoms with Gasteiger partial charge in [-0.3, -0.25) is 4.79 Å². The zero-order valence-electron chi connectivity index (χ0n) is 17.3. The van der Waals surface area contributed by atoms with E-state index in [2.05, 4.69) is 10.3 Å². The molecule has 0 spiro atoms.